The van der Waals surface area contributed by atoms with E-state index >= 15 is 0 Å². The zero-order valence-electron chi connectivity index (χ0n) is 8.71. The van der Waals surface area contributed by atoms with Crippen LogP contribution in [0.5, 0.6) is 5.75 Å². The number of benzene rings is 1. The Morgan fingerprint density at radius 2 is 2.00 bits per heavy atom. The average molecular weight is 290 g/mol. The number of phenols is 1. The van der Waals surface area contributed by atoms with Crippen molar-refractivity contribution < 1.29 is 5.11 Å². The van der Waals surface area contributed by atoms with Gasteiger partial charge in [0.2, 0.25) is 0 Å². The Bertz CT molecular complexity index is 693. The van der Waals surface area contributed by atoms with Crippen LogP contribution in [0.25, 0.3) is 16.9 Å². The van der Waals surface area contributed by atoms with Gasteiger partial charge < -0.3 is 5.11 Å². The van der Waals surface area contributed by atoms with Crippen molar-refractivity contribution in [1.29, 1.82) is 0 Å². The molecule has 0 aliphatic heterocycles. The van der Waals surface area contributed by atoms with Crippen molar-refractivity contribution >= 4 is 21.6 Å². The van der Waals surface area contributed by atoms with E-state index < -0.39 is 0 Å². The van der Waals surface area contributed by atoms with Crippen LogP contribution in [0, 0.1) is 0 Å². The molecule has 84 valence electrons. The number of rotatable bonds is 1. The molecule has 1 aromatic carbocycles. The number of hydrogen-bond donors (Lipinski definition) is 1. The number of para-hydroxylation sites is 1. The first-order valence-corrected chi connectivity index (χ1v) is 5.83. The van der Waals surface area contributed by atoms with Crippen LogP contribution in [0.4, 0.5) is 0 Å². The van der Waals surface area contributed by atoms with Gasteiger partial charge in [-0.2, -0.15) is 5.10 Å². The van der Waals surface area contributed by atoms with Gasteiger partial charge >= 0.3 is 0 Å². The zero-order valence-corrected chi connectivity index (χ0v) is 10.3. The molecule has 0 atom stereocenters. The largest absolute Gasteiger partial charge is 0.507 e. The van der Waals surface area contributed by atoms with Gasteiger partial charge in [0.1, 0.15) is 5.75 Å². The number of nitrogens with zero attached hydrogens (tertiary/aromatic N) is 3. The summed E-state index contributed by atoms with van der Waals surface area (Å²) in [7, 11) is 0. The Balaban J connectivity index is 2.24. The highest BCUT2D eigenvalue weighted by atomic mass is 79.9. The van der Waals surface area contributed by atoms with Gasteiger partial charge in [0.05, 0.1) is 16.4 Å². The summed E-state index contributed by atoms with van der Waals surface area (Å²) in [6.45, 7) is 0. The molecule has 3 aromatic rings. The van der Waals surface area contributed by atoms with Crippen LogP contribution in [-0.4, -0.2) is 19.7 Å². The molecule has 0 unspecified atom stereocenters. The fraction of sp³-hybridized carbons (Fsp3) is 0. The summed E-state index contributed by atoms with van der Waals surface area (Å²) in [5, 5.41) is 13.9. The molecule has 0 bridgehead atoms. The molecular formula is C12H8BrN3O. The van der Waals surface area contributed by atoms with E-state index in [0.29, 0.717) is 5.56 Å². The van der Waals surface area contributed by atoms with E-state index in [9.17, 15) is 5.11 Å². The lowest BCUT2D eigenvalue weighted by Crippen LogP contribution is -1.92. The standard InChI is InChI=1S/C12H8BrN3O/c13-9-7-14-16-6-5-10(15-12(9)16)8-3-1-2-4-11(8)17/h1-7,17H. The molecule has 0 aliphatic rings. The van der Waals surface area contributed by atoms with Gasteiger partial charge in [0.15, 0.2) is 5.65 Å². The number of fused-ring (bicyclic) bond motifs is 1. The smallest absolute Gasteiger partial charge is 0.169 e. The molecule has 2 aromatic heterocycles. The average Bonchev–Trinajstić information content (AvgIpc) is 2.71. The van der Waals surface area contributed by atoms with E-state index in [2.05, 4.69) is 26.0 Å². The van der Waals surface area contributed by atoms with Crippen molar-refractivity contribution in [2.24, 2.45) is 0 Å². The lowest BCUT2D eigenvalue weighted by molar-refractivity contribution is 0.477. The van der Waals surface area contributed by atoms with Crippen molar-refractivity contribution in [3.05, 3.63) is 47.2 Å². The van der Waals surface area contributed by atoms with Crippen molar-refractivity contribution in [2.75, 3.05) is 0 Å². The highest BCUT2D eigenvalue weighted by Gasteiger charge is 2.08. The van der Waals surface area contributed by atoms with Crippen molar-refractivity contribution in [3.8, 4) is 17.0 Å². The highest BCUT2D eigenvalue weighted by Crippen LogP contribution is 2.28. The fourth-order valence-electron chi connectivity index (χ4n) is 1.68. The first-order valence-electron chi connectivity index (χ1n) is 5.04. The molecule has 0 spiro atoms. The quantitative estimate of drug-likeness (QED) is 0.749. The summed E-state index contributed by atoms with van der Waals surface area (Å²) in [6, 6.07) is 8.95. The molecule has 1 N–H and O–H groups in total. The molecule has 0 amide bonds. The molecule has 3 rings (SSSR count). The van der Waals surface area contributed by atoms with Crippen molar-refractivity contribution in [3.63, 3.8) is 0 Å². The molecule has 0 radical (unpaired) electrons. The normalized spacial score (nSPS) is 10.9. The summed E-state index contributed by atoms with van der Waals surface area (Å²) in [5.41, 5.74) is 2.16. The van der Waals surface area contributed by atoms with Crippen LogP contribution in [0.3, 0.4) is 0 Å². The summed E-state index contributed by atoms with van der Waals surface area (Å²) in [5.74, 6) is 0.222. The summed E-state index contributed by atoms with van der Waals surface area (Å²) in [4.78, 5) is 4.46. The zero-order chi connectivity index (χ0) is 11.8. The first-order chi connectivity index (χ1) is 8.25. The third-order valence-corrected chi connectivity index (χ3v) is 3.07. The Hall–Kier alpha value is -1.88. The van der Waals surface area contributed by atoms with E-state index in [1.54, 1.807) is 22.8 Å². The topological polar surface area (TPSA) is 50.4 Å². The molecule has 0 fully saturated rings. The van der Waals surface area contributed by atoms with E-state index in [4.69, 9.17) is 0 Å². The van der Waals surface area contributed by atoms with Crippen LogP contribution in [0.1, 0.15) is 0 Å². The minimum atomic E-state index is 0.222. The summed E-state index contributed by atoms with van der Waals surface area (Å²) >= 11 is 3.38. The van der Waals surface area contributed by atoms with E-state index in [1.165, 1.54) is 0 Å². The maximum absolute atomic E-state index is 9.78. The molecule has 0 saturated heterocycles. The van der Waals surface area contributed by atoms with Gasteiger partial charge in [0, 0.05) is 11.8 Å². The van der Waals surface area contributed by atoms with Gasteiger partial charge in [0.25, 0.3) is 0 Å². The van der Waals surface area contributed by atoms with Gasteiger partial charge in [-0.3, -0.25) is 0 Å². The second-order valence-electron chi connectivity index (χ2n) is 3.59. The van der Waals surface area contributed by atoms with Gasteiger partial charge in [-0.1, -0.05) is 12.1 Å². The lowest BCUT2D eigenvalue weighted by atomic mass is 10.1. The molecule has 0 aliphatic carbocycles. The van der Waals surface area contributed by atoms with Gasteiger partial charge in [-0.25, -0.2) is 9.50 Å². The number of aromatic nitrogens is 3. The number of hydrogen-bond acceptors (Lipinski definition) is 3. The number of halogens is 1. The van der Waals surface area contributed by atoms with Gasteiger partial charge in [-0.15, -0.1) is 0 Å². The lowest BCUT2D eigenvalue weighted by Gasteiger charge is -2.03. The predicted octanol–water partition coefficient (Wildman–Crippen LogP) is 2.86. The molecule has 2 heterocycles. The minimum absolute atomic E-state index is 0.222. The monoisotopic (exact) mass is 289 g/mol. The van der Waals surface area contributed by atoms with Crippen LogP contribution < -0.4 is 0 Å². The maximum Gasteiger partial charge on any atom is 0.169 e. The predicted molar refractivity (Wildman–Crippen MR) is 67.8 cm³/mol. The fourth-order valence-corrected chi connectivity index (χ4v) is 2.04. The number of aromatic hydroxyl groups is 1. The molecule has 5 heteroatoms. The molecule has 4 nitrogen and oxygen atoms in total. The van der Waals surface area contributed by atoms with E-state index in [0.717, 1.165) is 15.8 Å². The van der Waals surface area contributed by atoms with Gasteiger partial charge in [-0.05, 0) is 34.1 Å². The minimum Gasteiger partial charge on any atom is -0.507 e. The highest BCUT2D eigenvalue weighted by molar-refractivity contribution is 9.10. The molecule has 0 saturated carbocycles. The molecule has 17 heavy (non-hydrogen) atoms. The van der Waals surface area contributed by atoms with Crippen LogP contribution in [0.2, 0.25) is 0 Å². The third-order valence-electron chi connectivity index (χ3n) is 2.51. The Morgan fingerprint density at radius 1 is 1.18 bits per heavy atom. The first kappa shape index (κ1) is 10.3. The van der Waals surface area contributed by atoms with E-state index in [1.807, 2.05) is 24.4 Å². The van der Waals surface area contributed by atoms with Crippen molar-refractivity contribution in [1.82, 2.24) is 14.6 Å². The van der Waals surface area contributed by atoms with Crippen LogP contribution in [-0.2, 0) is 0 Å². The van der Waals surface area contributed by atoms with Crippen molar-refractivity contribution in [2.45, 2.75) is 0 Å². The maximum atomic E-state index is 9.78. The summed E-state index contributed by atoms with van der Waals surface area (Å²) < 4.78 is 2.50. The summed E-state index contributed by atoms with van der Waals surface area (Å²) in [6.07, 6.45) is 3.51. The second kappa shape index (κ2) is 3.85. The number of phenolic OH excluding ortho intramolecular Hbond substituents is 1. The van der Waals surface area contributed by atoms with Crippen LogP contribution >= 0.6 is 15.9 Å². The van der Waals surface area contributed by atoms with E-state index in [-0.39, 0.29) is 5.75 Å². The Morgan fingerprint density at radius 3 is 2.82 bits per heavy atom. The molecular weight excluding hydrogens is 282 g/mol. The van der Waals surface area contributed by atoms with Crippen LogP contribution in [0.15, 0.2) is 47.2 Å². The Labute approximate surface area is 106 Å². The Kier molecular flexibility index (Phi) is 2.33. The second-order valence-corrected chi connectivity index (χ2v) is 4.44. The SMILES string of the molecule is Oc1ccccc1-c1ccn2ncc(Br)c2n1. The third kappa shape index (κ3) is 1.68.